The summed E-state index contributed by atoms with van der Waals surface area (Å²) in [6, 6.07) is 5.82. The Kier molecular flexibility index (Phi) is 1.66. The molecule has 0 bridgehead atoms. The van der Waals surface area contributed by atoms with Gasteiger partial charge in [-0.3, -0.25) is 0 Å². The van der Waals surface area contributed by atoms with E-state index in [1.165, 1.54) is 4.88 Å². The van der Waals surface area contributed by atoms with Crippen LogP contribution >= 0.6 is 11.3 Å². The van der Waals surface area contributed by atoms with E-state index in [1.807, 2.05) is 25.1 Å². The zero-order valence-corrected chi connectivity index (χ0v) is 7.52. The summed E-state index contributed by atoms with van der Waals surface area (Å²) in [5.74, 6) is 0.844. The van der Waals surface area contributed by atoms with Crippen molar-refractivity contribution in [2.45, 2.75) is 6.92 Å². The van der Waals surface area contributed by atoms with Crippen molar-refractivity contribution in [3.05, 3.63) is 29.3 Å². The number of nitrogen functional groups attached to an aromatic ring is 1. The number of rotatable bonds is 1. The Bertz CT molecular complexity index is 375. The lowest BCUT2D eigenvalue weighted by molar-refractivity contribution is 0.583. The van der Waals surface area contributed by atoms with Gasteiger partial charge in [0.05, 0.1) is 16.8 Å². The van der Waals surface area contributed by atoms with Crippen LogP contribution in [0.3, 0.4) is 0 Å². The fourth-order valence-corrected chi connectivity index (χ4v) is 1.95. The molecule has 2 rings (SSSR count). The summed E-state index contributed by atoms with van der Waals surface area (Å²) < 4.78 is 5.24. The fourth-order valence-electron chi connectivity index (χ4n) is 1.16. The van der Waals surface area contributed by atoms with E-state index < -0.39 is 0 Å². The van der Waals surface area contributed by atoms with Gasteiger partial charge < -0.3 is 10.2 Å². The molecule has 2 N–H and O–H groups in total. The summed E-state index contributed by atoms with van der Waals surface area (Å²) in [6.45, 7) is 2.04. The van der Waals surface area contributed by atoms with Crippen LogP contribution in [-0.2, 0) is 0 Å². The van der Waals surface area contributed by atoms with E-state index in [9.17, 15) is 0 Å². The van der Waals surface area contributed by atoms with Gasteiger partial charge in [0.25, 0.3) is 0 Å². The molecule has 2 heterocycles. The predicted molar refractivity (Wildman–Crippen MR) is 51.2 cm³/mol. The summed E-state index contributed by atoms with van der Waals surface area (Å²) in [5.41, 5.74) is 6.79. The van der Waals surface area contributed by atoms with Crippen molar-refractivity contribution in [1.29, 1.82) is 0 Å². The molecule has 0 aromatic carbocycles. The fraction of sp³-hybridized carbons (Fsp3) is 0.111. The number of aryl methyl sites for hydroxylation is 1. The molecular weight excluding hydrogens is 170 g/mol. The molecule has 0 spiro atoms. The average molecular weight is 179 g/mol. The SMILES string of the molecule is Cc1cc(-c2ccco2)c(N)s1. The van der Waals surface area contributed by atoms with Crippen molar-refractivity contribution in [1.82, 2.24) is 0 Å². The summed E-state index contributed by atoms with van der Waals surface area (Å²) in [5, 5.41) is 0.822. The van der Waals surface area contributed by atoms with Gasteiger partial charge in [0, 0.05) is 4.88 Å². The highest BCUT2D eigenvalue weighted by Crippen LogP contribution is 2.33. The second-order valence-corrected chi connectivity index (χ2v) is 3.90. The van der Waals surface area contributed by atoms with E-state index in [4.69, 9.17) is 10.2 Å². The lowest BCUT2D eigenvalue weighted by Crippen LogP contribution is -1.80. The third-order valence-corrected chi connectivity index (χ3v) is 2.55. The predicted octanol–water partition coefficient (Wildman–Crippen LogP) is 2.90. The quantitative estimate of drug-likeness (QED) is 0.731. The maximum Gasteiger partial charge on any atom is 0.136 e. The smallest absolute Gasteiger partial charge is 0.136 e. The van der Waals surface area contributed by atoms with Crippen molar-refractivity contribution in [3.63, 3.8) is 0 Å². The Morgan fingerprint density at radius 1 is 1.50 bits per heavy atom. The number of anilines is 1. The molecule has 0 aliphatic carbocycles. The number of furan rings is 1. The largest absolute Gasteiger partial charge is 0.464 e. The van der Waals surface area contributed by atoms with Gasteiger partial charge >= 0.3 is 0 Å². The van der Waals surface area contributed by atoms with Crippen LogP contribution in [0.15, 0.2) is 28.9 Å². The van der Waals surface area contributed by atoms with Crippen molar-refractivity contribution in [3.8, 4) is 11.3 Å². The summed E-state index contributed by atoms with van der Waals surface area (Å²) in [4.78, 5) is 1.21. The minimum absolute atomic E-state index is 0.822. The standard InChI is InChI=1S/C9H9NOS/c1-6-5-7(9(10)12-6)8-3-2-4-11-8/h2-5H,10H2,1H3. The zero-order valence-electron chi connectivity index (χ0n) is 6.70. The Balaban J connectivity index is 2.54. The van der Waals surface area contributed by atoms with E-state index in [0.29, 0.717) is 0 Å². The van der Waals surface area contributed by atoms with Crippen LogP contribution in [0.1, 0.15) is 4.88 Å². The van der Waals surface area contributed by atoms with Gasteiger partial charge in [0.2, 0.25) is 0 Å². The van der Waals surface area contributed by atoms with E-state index >= 15 is 0 Å². The van der Waals surface area contributed by atoms with E-state index in [1.54, 1.807) is 17.6 Å². The molecule has 0 radical (unpaired) electrons. The van der Waals surface area contributed by atoms with Crippen molar-refractivity contribution in [2.75, 3.05) is 5.73 Å². The molecule has 0 unspecified atom stereocenters. The molecule has 3 heteroatoms. The monoisotopic (exact) mass is 179 g/mol. The number of thiophene rings is 1. The molecule has 2 aromatic heterocycles. The Labute approximate surface area is 74.6 Å². The third-order valence-electron chi connectivity index (χ3n) is 1.67. The number of hydrogen-bond donors (Lipinski definition) is 1. The second-order valence-electron chi connectivity index (χ2n) is 2.61. The van der Waals surface area contributed by atoms with Crippen LogP contribution in [0.25, 0.3) is 11.3 Å². The van der Waals surface area contributed by atoms with Gasteiger partial charge in [-0.25, -0.2) is 0 Å². The van der Waals surface area contributed by atoms with Gasteiger partial charge in [-0.15, -0.1) is 11.3 Å². The molecule has 0 saturated heterocycles. The van der Waals surface area contributed by atoms with E-state index in [-0.39, 0.29) is 0 Å². The average Bonchev–Trinajstić information content (AvgIpc) is 2.58. The molecule has 62 valence electrons. The zero-order chi connectivity index (χ0) is 8.55. The third kappa shape index (κ3) is 1.12. The molecule has 0 atom stereocenters. The Hall–Kier alpha value is -1.22. The Morgan fingerprint density at radius 2 is 2.33 bits per heavy atom. The van der Waals surface area contributed by atoms with Crippen molar-refractivity contribution >= 4 is 16.3 Å². The molecule has 0 aliphatic rings. The van der Waals surface area contributed by atoms with Crippen LogP contribution in [0.5, 0.6) is 0 Å². The molecular formula is C9H9NOS. The highest BCUT2D eigenvalue weighted by Gasteiger charge is 2.07. The van der Waals surface area contributed by atoms with Crippen molar-refractivity contribution in [2.24, 2.45) is 0 Å². The summed E-state index contributed by atoms with van der Waals surface area (Å²) in [7, 11) is 0. The maximum absolute atomic E-state index is 5.79. The van der Waals surface area contributed by atoms with Crippen LogP contribution in [0.2, 0.25) is 0 Å². The topological polar surface area (TPSA) is 39.2 Å². The second kappa shape index (κ2) is 2.68. The summed E-state index contributed by atoms with van der Waals surface area (Å²) >= 11 is 1.59. The van der Waals surface area contributed by atoms with Gasteiger partial charge in [0.15, 0.2) is 0 Å². The molecule has 2 aromatic rings. The lowest BCUT2D eigenvalue weighted by Gasteiger charge is -1.91. The van der Waals surface area contributed by atoms with Crippen LogP contribution in [0, 0.1) is 6.92 Å². The maximum atomic E-state index is 5.79. The molecule has 0 amide bonds. The van der Waals surface area contributed by atoms with E-state index in [0.717, 1.165) is 16.3 Å². The first-order chi connectivity index (χ1) is 5.77. The first-order valence-corrected chi connectivity index (χ1v) is 4.49. The van der Waals surface area contributed by atoms with Crippen LogP contribution < -0.4 is 5.73 Å². The minimum Gasteiger partial charge on any atom is -0.464 e. The molecule has 0 saturated carbocycles. The van der Waals surface area contributed by atoms with Gasteiger partial charge in [-0.05, 0) is 25.1 Å². The minimum atomic E-state index is 0.822. The van der Waals surface area contributed by atoms with Gasteiger partial charge in [0.1, 0.15) is 5.76 Å². The van der Waals surface area contributed by atoms with Gasteiger partial charge in [-0.1, -0.05) is 0 Å². The van der Waals surface area contributed by atoms with Crippen LogP contribution in [-0.4, -0.2) is 0 Å². The molecule has 0 aliphatic heterocycles. The molecule has 2 nitrogen and oxygen atoms in total. The first kappa shape index (κ1) is 7.43. The molecule has 12 heavy (non-hydrogen) atoms. The first-order valence-electron chi connectivity index (χ1n) is 3.67. The number of hydrogen-bond acceptors (Lipinski definition) is 3. The highest BCUT2D eigenvalue weighted by atomic mass is 32.1. The number of nitrogens with two attached hydrogens (primary N) is 1. The Morgan fingerprint density at radius 3 is 2.83 bits per heavy atom. The highest BCUT2D eigenvalue weighted by molar-refractivity contribution is 7.16. The summed E-state index contributed by atoms with van der Waals surface area (Å²) in [6.07, 6.45) is 1.65. The normalized spacial score (nSPS) is 10.4. The van der Waals surface area contributed by atoms with Crippen molar-refractivity contribution < 1.29 is 4.42 Å². The van der Waals surface area contributed by atoms with E-state index in [2.05, 4.69) is 0 Å². The molecule has 0 fully saturated rings. The van der Waals surface area contributed by atoms with Crippen LogP contribution in [0.4, 0.5) is 5.00 Å². The van der Waals surface area contributed by atoms with Gasteiger partial charge in [-0.2, -0.15) is 0 Å². The lowest BCUT2D eigenvalue weighted by atomic mass is 10.2.